The lowest BCUT2D eigenvalue weighted by atomic mass is 10.1. The first-order valence-corrected chi connectivity index (χ1v) is 6.53. The highest BCUT2D eigenvalue weighted by Crippen LogP contribution is 2.12. The lowest BCUT2D eigenvalue weighted by Crippen LogP contribution is -2.43. The van der Waals surface area contributed by atoms with E-state index in [0.29, 0.717) is 0 Å². The predicted octanol–water partition coefficient (Wildman–Crippen LogP) is 1.70. The average Bonchev–Trinajstić information content (AvgIpc) is 2.39. The van der Waals surface area contributed by atoms with Gasteiger partial charge in [0, 0.05) is 0 Å². The second-order valence-corrected chi connectivity index (χ2v) is 4.36. The zero-order valence-corrected chi connectivity index (χ0v) is 11.2. The molecular weight excluding hydrogens is 242 g/mol. The van der Waals surface area contributed by atoms with Crippen LogP contribution in [0.1, 0.15) is 37.8 Å². The summed E-state index contributed by atoms with van der Waals surface area (Å²) < 4.78 is 0. The van der Waals surface area contributed by atoms with Gasteiger partial charge in [0.1, 0.15) is 6.04 Å². The predicted molar refractivity (Wildman–Crippen MR) is 74.4 cm³/mol. The second kappa shape index (κ2) is 8.26. The van der Waals surface area contributed by atoms with E-state index in [1.165, 1.54) is 0 Å². The number of benzene rings is 1. The highest BCUT2D eigenvalue weighted by atomic mass is 16.2. The van der Waals surface area contributed by atoms with Gasteiger partial charge in [0.15, 0.2) is 0 Å². The molecule has 1 aromatic carbocycles. The SMILES string of the molecule is CCCCCN[C@@H](C(=O)NC(N)=O)c1ccccc1. The van der Waals surface area contributed by atoms with Gasteiger partial charge in [-0.15, -0.1) is 0 Å². The van der Waals surface area contributed by atoms with E-state index >= 15 is 0 Å². The van der Waals surface area contributed by atoms with Crippen LogP contribution >= 0.6 is 0 Å². The molecule has 0 spiro atoms. The van der Waals surface area contributed by atoms with Crippen molar-refractivity contribution >= 4 is 11.9 Å². The van der Waals surface area contributed by atoms with Crippen LogP contribution < -0.4 is 16.4 Å². The second-order valence-electron chi connectivity index (χ2n) is 4.36. The summed E-state index contributed by atoms with van der Waals surface area (Å²) in [4.78, 5) is 22.7. The lowest BCUT2D eigenvalue weighted by Gasteiger charge is -2.17. The van der Waals surface area contributed by atoms with Gasteiger partial charge in [-0.3, -0.25) is 10.1 Å². The number of primary amides is 1. The van der Waals surface area contributed by atoms with E-state index < -0.39 is 18.0 Å². The van der Waals surface area contributed by atoms with Gasteiger partial charge in [-0.2, -0.15) is 0 Å². The quantitative estimate of drug-likeness (QED) is 0.655. The molecule has 0 aliphatic rings. The number of rotatable bonds is 7. The summed E-state index contributed by atoms with van der Waals surface area (Å²) in [5.41, 5.74) is 5.80. The maximum Gasteiger partial charge on any atom is 0.318 e. The third kappa shape index (κ3) is 5.52. The van der Waals surface area contributed by atoms with Crippen molar-refractivity contribution < 1.29 is 9.59 Å². The van der Waals surface area contributed by atoms with Crippen LogP contribution in [0.4, 0.5) is 4.79 Å². The molecule has 5 nitrogen and oxygen atoms in total. The van der Waals surface area contributed by atoms with Crippen molar-refractivity contribution in [2.24, 2.45) is 5.73 Å². The molecule has 19 heavy (non-hydrogen) atoms. The Labute approximate surface area is 113 Å². The molecule has 4 N–H and O–H groups in total. The van der Waals surface area contributed by atoms with Crippen molar-refractivity contribution in [3.63, 3.8) is 0 Å². The Kier molecular flexibility index (Phi) is 6.60. The van der Waals surface area contributed by atoms with E-state index in [4.69, 9.17) is 5.73 Å². The molecule has 0 aromatic heterocycles. The number of carbonyl (C=O) groups excluding carboxylic acids is 2. The normalized spacial score (nSPS) is 11.8. The van der Waals surface area contributed by atoms with Crippen LogP contribution in [0.25, 0.3) is 0 Å². The van der Waals surface area contributed by atoms with Gasteiger partial charge in [-0.05, 0) is 18.5 Å². The van der Waals surface area contributed by atoms with Gasteiger partial charge in [-0.25, -0.2) is 4.79 Å². The van der Waals surface area contributed by atoms with E-state index in [2.05, 4.69) is 17.6 Å². The lowest BCUT2D eigenvalue weighted by molar-refractivity contribution is -0.122. The summed E-state index contributed by atoms with van der Waals surface area (Å²) in [5, 5.41) is 5.28. The monoisotopic (exact) mass is 263 g/mol. The molecule has 0 unspecified atom stereocenters. The first-order chi connectivity index (χ1) is 9.15. The van der Waals surface area contributed by atoms with Crippen molar-refractivity contribution in [3.05, 3.63) is 35.9 Å². The van der Waals surface area contributed by atoms with E-state index in [9.17, 15) is 9.59 Å². The zero-order valence-electron chi connectivity index (χ0n) is 11.2. The van der Waals surface area contributed by atoms with Gasteiger partial charge in [-0.1, -0.05) is 50.1 Å². The topological polar surface area (TPSA) is 84.2 Å². The molecule has 3 amide bonds. The van der Waals surface area contributed by atoms with Gasteiger partial charge in [0.05, 0.1) is 0 Å². The van der Waals surface area contributed by atoms with Gasteiger partial charge in [0.25, 0.3) is 0 Å². The number of imide groups is 1. The maximum absolute atomic E-state index is 11.9. The van der Waals surface area contributed by atoms with Crippen molar-refractivity contribution in [3.8, 4) is 0 Å². The van der Waals surface area contributed by atoms with E-state index in [1.54, 1.807) is 0 Å². The Morgan fingerprint density at radius 2 is 1.89 bits per heavy atom. The maximum atomic E-state index is 11.9. The third-order valence-electron chi connectivity index (χ3n) is 2.77. The van der Waals surface area contributed by atoms with Crippen LogP contribution in [-0.4, -0.2) is 18.5 Å². The largest absolute Gasteiger partial charge is 0.351 e. The van der Waals surface area contributed by atoms with E-state index in [-0.39, 0.29) is 0 Å². The molecule has 0 aliphatic carbocycles. The van der Waals surface area contributed by atoms with Crippen molar-refractivity contribution in [1.82, 2.24) is 10.6 Å². The van der Waals surface area contributed by atoms with E-state index in [0.717, 1.165) is 31.4 Å². The van der Waals surface area contributed by atoms with Gasteiger partial charge >= 0.3 is 6.03 Å². The Hall–Kier alpha value is -1.88. The molecule has 0 saturated carbocycles. The van der Waals surface area contributed by atoms with Gasteiger partial charge in [0.2, 0.25) is 5.91 Å². The van der Waals surface area contributed by atoms with Crippen LogP contribution in [0, 0.1) is 0 Å². The number of urea groups is 1. The number of nitrogens with one attached hydrogen (secondary N) is 2. The Morgan fingerprint density at radius 3 is 2.47 bits per heavy atom. The zero-order chi connectivity index (χ0) is 14.1. The molecular formula is C14H21N3O2. The minimum absolute atomic E-state index is 0.421. The number of hydrogen-bond donors (Lipinski definition) is 3. The van der Waals surface area contributed by atoms with Crippen molar-refractivity contribution in [2.75, 3.05) is 6.54 Å². The molecule has 1 rings (SSSR count). The van der Waals surface area contributed by atoms with Crippen molar-refractivity contribution in [1.29, 1.82) is 0 Å². The number of amides is 3. The molecule has 0 aliphatic heterocycles. The van der Waals surface area contributed by atoms with Crippen LogP contribution in [0.3, 0.4) is 0 Å². The minimum Gasteiger partial charge on any atom is -0.351 e. The summed E-state index contributed by atoms with van der Waals surface area (Å²) >= 11 is 0. The number of hydrogen-bond acceptors (Lipinski definition) is 3. The highest BCUT2D eigenvalue weighted by molar-refractivity contribution is 5.96. The first-order valence-electron chi connectivity index (χ1n) is 6.53. The van der Waals surface area contributed by atoms with Crippen LogP contribution in [0.5, 0.6) is 0 Å². The molecule has 5 heteroatoms. The summed E-state index contributed by atoms with van der Waals surface area (Å²) in [7, 11) is 0. The summed E-state index contributed by atoms with van der Waals surface area (Å²) in [6.07, 6.45) is 3.21. The molecule has 0 heterocycles. The Morgan fingerprint density at radius 1 is 1.21 bits per heavy atom. The van der Waals surface area contributed by atoms with E-state index in [1.807, 2.05) is 30.3 Å². The number of unbranched alkanes of at least 4 members (excludes halogenated alkanes) is 2. The fourth-order valence-electron chi connectivity index (χ4n) is 1.82. The Balaban J connectivity index is 2.68. The van der Waals surface area contributed by atoms with Crippen molar-refractivity contribution in [2.45, 2.75) is 32.2 Å². The number of carbonyl (C=O) groups is 2. The smallest absolute Gasteiger partial charge is 0.318 e. The molecule has 0 saturated heterocycles. The highest BCUT2D eigenvalue weighted by Gasteiger charge is 2.20. The fraction of sp³-hybridized carbons (Fsp3) is 0.429. The molecule has 0 bridgehead atoms. The third-order valence-corrected chi connectivity index (χ3v) is 2.77. The molecule has 104 valence electrons. The standard InChI is InChI=1S/C14H21N3O2/c1-2-3-7-10-16-12(13(18)17-14(15)19)11-8-5-4-6-9-11/h4-6,8-9,12,16H,2-3,7,10H2,1H3,(H3,15,17,18,19)/t12-/m1/s1. The number of nitrogens with two attached hydrogens (primary N) is 1. The summed E-state index contributed by atoms with van der Waals surface area (Å²) in [6, 6.07) is 7.90. The molecule has 1 aromatic rings. The van der Waals surface area contributed by atoms with Crippen LogP contribution in [0.15, 0.2) is 30.3 Å². The average molecular weight is 263 g/mol. The molecule has 1 atom stereocenters. The van der Waals surface area contributed by atoms with Gasteiger partial charge < -0.3 is 11.1 Å². The Bertz CT molecular complexity index is 406. The fourth-order valence-corrected chi connectivity index (χ4v) is 1.82. The van der Waals surface area contributed by atoms with Crippen LogP contribution in [-0.2, 0) is 4.79 Å². The molecule has 0 radical (unpaired) electrons. The van der Waals surface area contributed by atoms with Crippen LogP contribution in [0.2, 0.25) is 0 Å². The summed E-state index contributed by atoms with van der Waals surface area (Å²) in [6.45, 7) is 2.84. The minimum atomic E-state index is -0.832. The summed E-state index contributed by atoms with van der Waals surface area (Å²) in [5.74, 6) is -0.421. The molecule has 0 fully saturated rings. The first kappa shape index (κ1) is 15.2.